The molecule has 0 aliphatic carbocycles. The quantitative estimate of drug-likeness (QED) is 0.235. The highest BCUT2D eigenvalue weighted by molar-refractivity contribution is 6.31. The van der Waals surface area contributed by atoms with E-state index in [9.17, 15) is 4.79 Å². The molecule has 5 rings (SSSR count). The van der Waals surface area contributed by atoms with Crippen molar-refractivity contribution in [3.05, 3.63) is 105 Å². The maximum atomic E-state index is 14.1. The van der Waals surface area contributed by atoms with E-state index in [1.807, 2.05) is 53.1 Å². The zero-order valence-electron chi connectivity index (χ0n) is 23.9. The Bertz CT molecular complexity index is 1630. The van der Waals surface area contributed by atoms with Gasteiger partial charge in [0.2, 0.25) is 0 Å². The molecule has 6 nitrogen and oxygen atoms in total. The van der Waals surface area contributed by atoms with E-state index in [1.165, 1.54) is 0 Å². The van der Waals surface area contributed by atoms with Gasteiger partial charge in [-0.2, -0.15) is 0 Å². The Kier molecular flexibility index (Phi) is 7.65. The number of nitrogens with zero attached hydrogens (tertiary/aromatic N) is 3. The van der Waals surface area contributed by atoms with Crippen molar-refractivity contribution in [3.8, 4) is 11.5 Å². The van der Waals surface area contributed by atoms with Gasteiger partial charge in [0.25, 0.3) is 5.56 Å². The fourth-order valence-corrected chi connectivity index (χ4v) is 5.88. The highest BCUT2D eigenvalue weighted by Gasteiger charge is 2.39. The summed E-state index contributed by atoms with van der Waals surface area (Å²) < 4.78 is 13.0. The van der Waals surface area contributed by atoms with Gasteiger partial charge in [0.15, 0.2) is 11.5 Å². The molecule has 3 aromatic carbocycles. The molecule has 0 saturated heterocycles. The van der Waals surface area contributed by atoms with Crippen molar-refractivity contribution in [2.24, 2.45) is 10.9 Å². The van der Waals surface area contributed by atoms with Crippen molar-refractivity contribution in [1.29, 1.82) is 0 Å². The fourth-order valence-electron chi connectivity index (χ4n) is 5.70. The van der Waals surface area contributed by atoms with Gasteiger partial charge < -0.3 is 18.9 Å². The maximum Gasteiger partial charge on any atom is 0.259 e. The molecule has 0 amide bonds. The van der Waals surface area contributed by atoms with E-state index >= 15 is 0 Å². The van der Waals surface area contributed by atoms with Crippen LogP contribution in [-0.4, -0.2) is 41.6 Å². The number of rotatable bonds is 8. The lowest BCUT2D eigenvalue weighted by Crippen LogP contribution is -2.41. The molecule has 0 spiro atoms. The summed E-state index contributed by atoms with van der Waals surface area (Å²) in [4.78, 5) is 21.6. The van der Waals surface area contributed by atoms with Gasteiger partial charge in [-0.25, -0.2) is 0 Å². The van der Waals surface area contributed by atoms with Crippen LogP contribution in [0.4, 0.5) is 0 Å². The number of benzene rings is 3. The molecule has 0 N–H and O–H groups in total. The van der Waals surface area contributed by atoms with Crippen LogP contribution >= 0.6 is 11.6 Å². The summed E-state index contributed by atoms with van der Waals surface area (Å²) in [6, 6.07) is 23.5. The molecule has 208 valence electrons. The topological polar surface area (TPSA) is 56.1 Å². The van der Waals surface area contributed by atoms with Crippen LogP contribution < -0.4 is 15.0 Å². The standard InChI is InChI=1S/C33H36ClN3O3/c1-21(2)30(37-20-33(3,4)35-31(37)23-12-15-28(39-5)29(18-23)40-6)27-17-24-16-25(34)13-14-26(24)32(38)36(27)19-22-10-8-7-9-11-22/h7-18,21,30H,19-20H2,1-6H3. The first-order chi connectivity index (χ1) is 19.1. The third kappa shape index (κ3) is 5.33. The van der Waals surface area contributed by atoms with E-state index in [-0.39, 0.29) is 23.1 Å². The van der Waals surface area contributed by atoms with Crippen molar-refractivity contribution in [3.63, 3.8) is 0 Å². The Morgan fingerprint density at radius 2 is 1.68 bits per heavy atom. The average molecular weight is 558 g/mol. The van der Waals surface area contributed by atoms with Gasteiger partial charge in [-0.15, -0.1) is 0 Å². The second-order valence-electron chi connectivity index (χ2n) is 11.3. The number of aromatic nitrogens is 1. The van der Waals surface area contributed by atoms with Gasteiger partial charge in [0.1, 0.15) is 5.84 Å². The lowest BCUT2D eigenvalue weighted by Gasteiger charge is -2.36. The number of fused-ring (bicyclic) bond motifs is 1. The predicted octanol–water partition coefficient (Wildman–Crippen LogP) is 6.96. The van der Waals surface area contributed by atoms with Crippen LogP contribution in [0.2, 0.25) is 5.02 Å². The van der Waals surface area contributed by atoms with Crippen LogP contribution in [0.3, 0.4) is 0 Å². The number of halogens is 1. The number of amidine groups is 1. The minimum absolute atomic E-state index is 0.0262. The van der Waals surface area contributed by atoms with Crippen LogP contribution in [0, 0.1) is 5.92 Å². The van der Waals surface area contributed by atoms with Crippen molar-refractivity contribution in [1.82, 2.24) is 9.47 Å². The van der Waals surface area contributed by atoms with Crippen molar-refractivity contribution in [2.75, 3.05) is 20.8 Å². The number of hydrogen-bond donors (Lipinski definition) is 0. The van der Waals surface area contributed by atoms with Gasteiger partial charge in [0, 0.05) is 28.2 Å². The normalized spacial score (nSPS) is 15.4. The van der Waals surface area contributed by atoms with Gasteiger partial charge in [-0.1, -0.05) is 55.8 Å². The van der Waals surface area contributed by atoms with Crippen LogP contribution in [0.15, 0.2) is 82.6 Å². The van der Waals surface area contributed by atoms with Crippen LogP contribution in [0.25, 0.3) is 10.8 Å². The molecule has 1 aliphatic heterocycles. The van der Waals surface area contributed by atoms with E-state index in [0.29, 0.717) is 35.0 Å². The lowest BCUT2D eigenvalue weighted by atomic mass is 9.94. The van der Waals surface area contributed by atoms with Crippen LogP contribution in [0.1, 0.15) is 50.6 Å². The first kappa shape index (κ1) is 27.8. The third-order valence-electron chi connectivity index (χ3n) is 7.44. The molecule has 0 saturated carbocycles. The van der Waals surface area contributed by atoms with E-state index in [0.717, 1.165) is 28.0 Å². The van der Waals surface area contributed by atoms with Crippen LogP contribution in [0.5, 0.6) is 11.5 Å². The molecule has 2 heterocycles. The number of methoxy groups -OCH3 is 2. The van der Waals surface area contributed by atoms with Crippen molar-refractivity contribution in [2.45, 2.75) is 45.8 Å². The van der Waals surface area contributed by atoms with Gasteiger partial charge >= 0.3 is 0 Å². The Hall–Kier alpha value is -3.77. The van der Waals surface area contributed by atoms with E-state index in [1.54, 1.807) is 20.3 Å². The van der Waals surface area contributed by atoms with Crippen molar-refractivity contribution >= 4 is 28.2 Å². The summed E-state index contributed by atoms with van der Waals surface area (Å²) in [5.74, 6) is 2.35. The van der Waals surface area contributed by atoms with Gasteiger partial charge in [0.05, 0.1) is 32.3 Å². The average Bonchev–Trinajstić information content (AvgIpc) is 3.25. The Morgan fingerprint density at radius 3 is 2.35 bits per heavy atom. The molecular formula is C33H36ClN3O3. The number of hydrogen-bond acceptors (Lipinski definition) is 5. The summed E-state index contributed by atoms with van der Waals surface area (Å²) in [6.45, 7) is 9.84. The highest BCUT2D eigenvalue weighted by Crippen LogP contribution is 2.38. The first-order valence-corrected chi connectivity index (χ1v) is 14.0. The number of pyridine rings is 1. The molecular weight excluding hydrogens is 522 g/mol. The Balaban J connectivity index is 1.71. The summed E-state index contributed by atoms with van der Waals surface area (Å²) in [6.07, 6.45) is 0. The van der Waals surface area contributed by atoms with Crippen LogP contribution in [-0.2, 0) is 6.54 Å². The van der Waals surface area contributed by atoms with Crippen molar-refractivity contribution < 1.29 is 9.47 Å². The molecule has 7 heteroatoms. The van der Waals surface area contributed by atoms with Gasteiger partial charge in [-0.05, 0) is 73.2 Å². The molecule has 40 heavy (non-hydrogen) atoms. The lowest BCUT2D eigenvalue weighted by molar-refractivity contribution is 0.231. The molecule has 4 aromatic rings. The number of aliphatic imine (C=N–C) groups is 1. The zero-order chi connectivity index (χ0) is 28.6. The molecule has 1 aliphatic rings. The summed E-state index contributed by atoms with van der Waals surface area (Å²) in [5.41, 5.74) is 2.60. The second-order valence-corrected chi connectivity index (χ2v) is 11.7. The highest BCUT2D eigenvalue weighted by atomic mass is 35.5. The Morgan fingerprint density at radius 1 is 0.950 bits per heavy atom. The minimum Gasteiger partial charge on any atom is -0.493 e. The molecule has 1 unspecified atom stereocenters. The summed E-state index contributed by atoms with van der Waals surface area (Å²) in [7, 11) is 3.27. The van der Waals surface area contributed by atoms with E-state index in [4.69, 9.17) is 26.1 Å². The minimum atomic E-state index is -0.319. The van der Waals surface area contributed by atoms with E-state index in [2.05, 4.69) is 50.8 Å². The molecule has 0 bridgehead atoms. The maximum absolute atomic E-state index is 14.1. The predicted molar refractivity (Wildman–Crippen MR) is 163 cm³/mol. The summed E-state index contributed by atoms with van der Waals surface area (Å²) in [5, 5.41) is 2.10. The summed E-state index contributed by atoms with van der Waals surface area (Å²) >= 11 is 6.40. The number of ether oxygens (including phenoxy) is 2. The molecule has 1 atom stereocenters. The largest absolute Gasteiger partial charge is 0.493 e. The fraction of sp³-hybridized carbons (Fsp3) is 0.333. The van der Waals surface area contributed by atoms with E-state index < -0.39 is 0 Å². The zero-order valence-corrected chi connectivity index (χ0v) is 24.7. The molecule has 0 radical (unpaired) electrons. The smallest absolute Gasteiger partial charge is 0.259 e. The van der Waals surface area contributed by atoms with Gasteiger partial charge in [-0.3, -0.25) is 9.79 Å². The molecule has 0 fully saturated rings. The second kappa shape index (κ2) is 11.0. The Labute approximate surface area is 240 Å². The molecule has 1 aromatic heterocycles. The first-order valence-electron chi connectivity index (χ1n) is 13.6. The SMILES string of the molecule is COc1ccc(C2=NC(C)(C)CN2C(c2cc3cc(Cl)ccc3c(=O)n2Cc2ccccc2)C(C)C)cc1OC. The third-order valence-corrected chi connectivity index (χ3v) is 7.67. The monoisotopic (exact) mass is 557 g/mol.